The van der Waals surface area contributed by atoms with Gasteiger partial charge >= 0.3 is 0 Å². The van der Waals surface area contributed by atoms with E-state index in [0.717, 1.165) is 0 Å². The van der Waals surface area contributed by atoms with E-state index in [1.807, 2.05) is 0 Å². The molecule has 0 aliphatic carbocycles. The fourth-order valence-corrected chi connectivity index (χ4v) is 7.57. The highest BCUT2D eigenvalue weighted by Gasteiger charge is 2.39. The van der Waals surface area contributed by atoms with Gasteiger partial charge in [0.05, 0.1) is 18.7 Å². The molecule has 0 saturated carbocycles. The highest BCUT2D eigenvalue weighted by Crippen LogP contribution is 2.40. The Hall–Kier alpha value is -5.64. The molecular formula is C41H49BrN6O9. The third-order valence-corrected chi connectivity index (χ3v) is 11.0. The number of halogens is 1. The predicted octanol–water partition coefficient (Wildman–Crippen LogP) is 2.61. The zero-order valence-electron chi connectivity index (χ0n) is 33.3. The Bertz CT molecular complexity index is 2010. The average molecular weight is 850 g/mol. The number of fused-ring (bicyclic) bond motifs is 2. The first-order valence-electron chi connectivity index (χ1n) is 18.5. The van der Waals surface area contributed by atoms with Crippen LogP contribution in [0.2, 0.25) is 0 Å². The van der Waals surface area contributed by atoms with Crippen molar-refractivity contribution in [1.82, 2.24) is 30.7 Å². The highest BCUT2D eigenvalue weighted by atomic mass is 79.9. The molecule has 3 aliphatic rings. The summed E-state index contributed by atoms with van der Waals surface area (Å²) in [5.74, 6) is -1.76. The van der Waals surface area contributed by atoms with Crippen molar-refractivity contribution in [2.24, 2.45) is 0 Å². The van der Waals surface area contributed by atoms with Crippen molar-refractivity contribution >= 4 is 51.4 Å². The van der Waals surface area contributed by atoms with Gasteiger partial charge in [0.2, 0.25) is 35.4 Å². The highest BCUT2D eigenvalue weighted by molar-refractivity contribution is 9.10. The maximum Gasteiger partial charge on any atom is 0.246 e. The maximum atomic E-state index is 14.7. The molecule has 6 bridgehead atoms. The zero-order chi connectivity index (χ0) is 41.7. The van der Waals surface area contributed by atoms with Gasteiger partial charge in [-0.1, -0.05) is 24.3 Å². The van der Waals surface area contributed by atoms with Gasteiger partial charge in [0, 0.05) is 40.4 Å². The number of benzene rings is 3. The molecule has 15 nitrogen and oxygen atoms in total. The Morgan fingerprint density at radius 3 is 1.82 bits per heavy atom. The first-order chi connectivity index (χ1) is 27.0. The van der Waals surface area contributed by atoms with Gasteiger partial charge in [-0.15, -0.1) is 0 Å². The predicted molar refractivity (Wildman–Crippen MR) is 214 cm³/mol. The van der Waals surface area contributed by atoms with Crippen LogP contribution in [0.15, 0.2) is 65.1 Å². The van der Waals surface area contributed by atoms with Crippen molar-refractivity contribution in [3.63, 3.8) is 0 Å². The molecule has 3 heterocycles. The van der Waals surface area contributed by atoms with E-state index >= 15 is 0 Å². The van der Waals surface area contributed by atoms with Gasteiger partial charge in [-0.05, 0) is 89.8 Å². The van der Waals surface area contributed by atoms with Crippen LogP contribution < -0.4 is 30.2 Å². The molecule has 304 valence electrons. The first kappa shape index (κ1) is 42.5. The molecule has 1 saturated heterocycles. The molecule has 1 unspecified atom stereocenters. The van der Waals surface area contributed by atoms with Crippen LogP contribution >= 0.6 is 15.9 Å². The van der Waals surface area contributed by atoms with E-state index in [-0.39, 0.29) is 19.3 Å². The maximum absolute atomic E-state index is 14.7. The number of amides is 6. The minimum absolute atomic E-state index is 0.0228. The minimum Gasteiger partial charge on any atom is -0.497 e. The molecular weight excluding hydrogens is 800 g/mol. The Kier molecular flexibility index (Phi) is 13.5. The van der Waals surface area contributed by atoms with E-state index < -0.39 is 71.7 Å². The fourth-order valence-electron chi connectivity index (χ4n) is 6.92. The Morgan fingerprint density at radius 1 is 0.649 bits per heavy atom. The van der Waals surface area contributed by atoms with Crippen LogP contribution in [0.5, 0.6) is 23.0 Å². The lowest BCUT2D eigenvalue weighted by atomic mass is 9.98. The lowest BCUT2D eigenvalue weighted by Gasteiger charge is -2.36. The Balaban J connectivity index is 1.59. The molecule has 3 aromatic rings. The topological polar surface area (TPSA) is 176 Å². The summed E-state index contributed by atoms with van der Waals surface area (Å²) < 4.78 is 17.6. The van der Waals surface area contributed by atoms with Crippen molar-refractivity contribution in [1.29, 1.82) is 0 Å². The second-order valence-corrected chi connectivity index (χ2v) is 15.3. The molecule has 57 heavy (non-hydrogen) atoms. The van der Waals surface area contributed by atoms with Gasteiger partial charge < -0.3 is 44.9 Å². The van der Waals surface area contributed by atoms with Crippen molar-refractivity contribution in [3.05, 3.63) is 81.8 Å². The number of likely N-dealkylation sites (N-methyl/N-ethyl adjacent to an activating group) is 3. The Morgan fingerprint density at radius 2 is 1.21 bits per heavy atom. The van der Waals surface area contributed by atoms with Gasteiger partial charge in [0.25, 0.3) is 0 Å². The van der Waals surface area contributed by atoms with E-state index in [9.17, 15) is 28.8 Å². The van der Waals surface area contributed by atoms with E-state index in [2.05, 4.69) is 31.9 Å². The van der Waals surface area contributed by atoms with Crippen LogP contribution in [0.4, 0.5) is 0 Å². The lowest BCUT2D eigenvalue weighted by Crippen LogP contribution is -2.61. The van der Waals surface area contributed by atoms with E-state index in [1.54, 1.807) is 60.7 Å². The number of carbonyl (C=O) groups is 6. The number of rotatable bonds is 4. The van der Waals surface area contributed by atoms with Crippen molar-refractivity contribution in [3.8, 4) is 23.0 Å². The Labute approximate surface area is 340 Å². The number of methoxy groups -OCH3 is 2. The third-order valence-electron chi connectivity index (χ3n) is 10.4. The van der Waals surface area contributed by atoms with Gasteiger partial charge in [-0.25, -0.2) is 0 Å². The average Bonchev–Trinajstić information content (AvgIpc) is 3.19. The summed E-state index contributed by atoms with van der Waals surface area (Å²) in [6.07, 6.45) is 0.0984. The molecule has 6 rings (SSSR count). The molecule has 1 fully saturated rings. The largest absolute Gasteiger partial charge is 0.497 e. The first-order valence-corrected chi connectivity index (χ1v) is 19.3. The molecule has 3 aliphatic heterocycles. The number of nitrogens with zero attached hydrogens (tertiary/aromatic N) is 3. The smallest absolute Gasteiger partial charge is 0.246 e. The molecule has 16 heteroatoms. The molecule has 0 aromatic heterocycles. The zero-order valence-corrected chi connectivity index (χ0v) is 34.8. The minimum atomic E-state index is -1.18. The summed E-state index contributed by atoms with van der Waals surface area (Å²) in [7, 11) is 7.43. The van der Waals surface area contributed by atoms with Gasteiger partial charge in [0.15, 0.2) is 11.5 Å². The van der Waals surface area contributed by atoms with E-state index in [4.69, 9.17) is 14.2 Å². The van der Waals surface area contributed by atoms with Crippen molar-refractivity contribution in [2.75, 3.05) is 35.4 Å². The van der Waals surface area contributed by atoms with E-state index in [1.165, 1.54) is 70.8 Å². The quantitative estimate of drug-likeness (QED) is 0.357. The molecule has 3 aromatic carbocycles. The summed E-state index contributed by atoms with van der Waals surface area (Å²) in [5.41, 5.74) is 1.99. The van der Waals surface area contributed by atoms with E-state index in [0.29, 0.717) is 44.2 Å². The monoisotopic (exact) mass is 848 g/mol. The number of carbonyl (C=O) groups excluding carboxylic acids is 6. The number of ether oxygens (including phenoxy) is 3. The molecule has 6 atom stereocenters. The normalized spacial score (nSPS) is 24.1. The van der Waals surface area contributed by atoms with Crippen LogP contribution in [0.1, 0.15) is 37.5 Å². The molecule has 6 amide bonds. The standard InChI is InChI=1S/C41H49BrN6O9/c1-22-36(49)44-23(2)39(52)46(4)31(18-25-9-13-28(55-7)14-10-25)38(51)45-24(3)40(53)48(6)33-19-26-11-15-29(16-12-26)57-34-21-27(17-30(42)35(34)56-8)20-32(37(50)43-22)47(5)41(33)54/h9-17,21-24,31-33H,18-20H2,1-8H3,(H,43,50)(H,44,49)(H,45,51)/t22?,23-,24-,31-,32-,33-/m0/s1. The van der Waals surface area contributed by atoms with Crippen LogP contribution in [0.25, 0.3) is 0 Å². The van der Waals surface area contributed by atoms with Crippen LogP contribution in [0.3, 0.4) is 0 Å². The number of hydrogen-bond acceptors (Lipinski definition) is 9. The number of hydrogen-bond donors (Lipinski definition) is 3. The summed E-state index contributed by atoms with van der Waals surface area (Å²) >= 11 is 3.54. The van der Waals surface area contributed by atoms with Gasteiger partial charge in [0.1, 0.15) is 47.8 Å². The van der Waals surface area contributed by atoms with Gasteiger partial charge in [-0.3, -0.25) is 28.8 Å². The summed E-state index contributed by atoms with van der Waals surface area (Å²) in [4.78, 5) is 88.4. The second-order valence-electron chi connectivity index (χ2n) is 14.4. The molecule has 0 radical (unpaired) electrons. The SMILES string of the molecule is COc1ccc(C[C@H]2C(=O)N[C@@H](C)C(=O)N(C)[C@H]3Cc4ccc(cc4)Oc4cc(cc(Br)c4OC)C[C@@H](C(=O)NC(C)C(=O)N[C@@H](C)C(=O)N2C)N(C)C3=O)cc1. The van der Waals surface area contributed by atoms with Crippen LogP contribution in [0, 0.1) is 0 Å². The summed E-state index contributed by atoms with van der Waals surface area (Å²) in [6, 6.07) is 10.7. The lowest BCUT2D eigenvalue weighted by molar-refractivity contribution is -0.149. The second kappa shape index (κ2) is 18.1. The van der Waals surface area contributed by atoms with Crippen LogP contribution in [-0.2, 0) is 48.0 Å². The molecule has 0 spiro atoms. The molecule has 3 N–H and O–H groups in total. The third kappa shape index (κ3) is 9.67. The number of nitrogens with one attached hydrogen (secondary N) is 3. The van der Waals surface area contributed by atoms with Gasteiger partial charge in [-0.2, -0.15) is 0 Å². The van der Waals surface area contributed by atoms with Crippen molar-refractivity contribution in [2.45, 2.75) is 76.3 Å². The van der Waals surface area contributed by atoms with Crippen molar-refractivity contribution < 1.29 is 43.0 Å². The summed E-state index contributed by atoms with van der Waals surface area (Å²) in [5, 5.41) is 8.15. The fraction of sp³-hybridized carbons (Fsp3) is 0.415. The summed E-state index contributed by atoms with van der Waals surface area (Å²) in [6.45, 7) is 4.45. The van der Waals surface area contributed by atoms with Crippen LogP contribution in [-0.4, -0.2) is 122 Å².